The number of carbonyl (C=O) groups excluding carboxylic acids is 1. The Bertz CT molecular complexity index is 164. The molecule has 1 fully saturated rings. The van der Waals surface area contributed by atoms with Crippen molar-refractivity contribution in [3.63, 3.8) is 0 Å². The Kier molecular flexibility index (Phi) is 3.14. The molecule has 0 aromatic rings. The standard InChI is InChI=1S/C9H15NO/c1-10-9(11)7-8-5-3-2-4-6-8/h7H,2-6H2,1H3,(H,10,11). The first-order chi connectivity index (χ1) is 5.33. The summed E-state index contributed by atoms with van der Waals surface area (Å²) in [5, 5.41) is 2.60. The molecule has 1 rings (SSSR count). The van der Waals surface area contributed by atoms with Crippen molar-refractivity contribution in [1.82, 2.24) is 5.32 Å². The van der Waals surface area contributed by atoms with Gasteiger partial charge >= 0.3 is 0 Å². The summed E-state index contributed by atoms with van der Waals surface area (Å²) in [6.07, 6.45) is 7.82. The molecule has 0 unspecified atom stereocenters. The maximum atomic E-state index is 10.9. The molecule has 1 N–H and O–H groups in total. The van der Waals surface area contributed by atoms with Gasteiger partial charge in [0.2, 0.25) is 5.91 Å². The van der Waals surface area contributed by atoms with Gasteiger partial charge in [-0.25, -0.2) is 0 Å². The molecular weight excluding hydrogens is 138 g/mol. The van der Waals surface area contributed by atoms with E-state index < -0.39 is 0 Å². The van der Waals surface area contributed by atoms with Crippen LogP contribution in [0.4, 0.5) is 0 Å². The lowest BCUT2D eigenvalue weighted by Crippen LogP contribution is -2.15. The summed E-state index contributed by atoms with van der Waals surface area (Å²) in [6.45, 7) is 0. The predicted octanol–water partition coefficient (Wildman–Crippen LogP) is 1.62. The lowest BCUT2D eigenvalue weighted by atomic mass is 9.95. The molecule has 0 aromatic heterocycles. The number of likely N-dealkylation sites (N-methyl/N-ethyl adjacent to an activating group) is 1. The molecule has 1 saturated carbocycles. The van der Waals surface area contributed by atoms with E-state index >= 15 is 0 Å². The van der Waals surface area contributed by atoms with Crippen LogP contribution >= 0.6 is 0 Å². The highest BCUT2D eigenvalue weighted by atomic mass is 16.1. The Hall–Kier alpha value is -0.790. The van der Waals surface area contributed by atoms with Crippen LogP contribution in [0.5, 0.6) is 0 Å². The third-order valence-corrected chi connectivity index (χ3v) is 2.08. The lowest BCUT2D eigenvalue weighted by Gasteiger charge is -2.12. The van der Waals surface area contributed by atoms with Gasteiger partial charge in [-0.2, -0.15) is 0 Å². The third kappa shape index (κ3) is 2.74. The monoisotopic (exact) mass is 153 g/mol. The number of amides is 1. The molecule has 0 spiro atoms. The molecule has 62 valence electrons. The fourth-order valence-corrected chi connectivity index (χ4v) is 1.41. The maximum absolute atomic E-state index is 10.9. The second kappa shape index (κ2) is 4.16. The van der Waals surface area contributed by atoms with Gasteiger partial charge < -0.3 is 5.32 Å². The molecule has 1 aliphatic rings. The van der Waals surface area contributed by atoms with Crippen molar-refractivity contribution in [3.05, 3.63) is 11.6 Å². The second-order valence-electron chi connectivity index (χ2n) is 2.98. The molecule has 0 radical (unpaired) electrons. The largest absolute Gasteiger partial charge is 0.356 e. The van der Waals surface area contributed by atoms with Crippen molar-refractivity contribution >= 4 is 5.91 Å². The smallest absolute Gasteiger partial charge is 0.243 e. The predicted molar refractivity (Wildman–Crippen MR) is 45.2 cm³/mol. The topological polar surface area (TPSA) is 29.1 Å². The Morgan fingerprint density at radius 2 is 2.00 bits per heavy atom. The number of allylic oxidation sites excluding steroid dienone is 1. The highest BCUT2D eigenvalue weighted by molar-refractivity contribution is 5.87. The van der Waals surface area contributed by atoms with Crippen LogP contribution in [0, 0.1) is 0 Å². The van der Waals surface area contributed by atoms with Gasteiger partial charge in [0.25, 0.3) is 0 Å². The fraction of sp³-hybridized carbons (Fsp3) is 0.667. The van der Waals surface area contributed by atoms with Crippen LogP contribution in [0.1, 0.15) is 32.1 Å². The van der Waals surface area contributed by atoms with Gasteiger partial charge in [-0.3, -0.25) is 4.79 Å². The van der Waals surface area contributed by atoms with Gasteiger partial charge in [0.1, 0.15) is 0 Å². The molecule has 2 nitrogen and oxygen atoms in total. The average molecular weight is 153 g/mol. The van der Waals surface area contributed by atoms with E-state index in [0.29, 0.717) is 0 Å². The van der Waals surface area contributed by atoms with E-state index in [4.69, 9.17) is 0 Å². The first-order valence-electron chi connectivity index (χ1n) is 4.24. The summed E-state index contributed by atoms with van der Waals surface area (Å²) >= 11 is 0. The summed E-state index contributed by atoms with van der Waals surface area (Å²) < 4.78 is 0. The molecule has 0 aliphatic heterocycles. The highest BCUT2D eigenvalue weighted by Gasteiger charge is 2.05. The van der Waals surface area contributed by atoms with Gasteiger partial charge in [-0.15, -0.1) is 0 Å². The summed E-state index contributed by atoms with van der Waals surface area (Å²) in [4.78, 5) is 10.9. The van der Waals surface area contributed by atoms with E-state index in [2.05, 4.69) is 5.32 Å². The first-order valence-corrected chi connectivity index (χ1v) is 4.24. The quantitative estimate of drug-likeness (QED) is 0.570. The number of rotatable bonds is 1. The van der Waals surface area contributed by atoms with Gasteiger partial charge in [0, 0.05) is 13.1 Å². The van der Waals surface area contributed by atoms with Crippen molar-refractivity contribution in [3.8, 4) is 0 Å². The van der Waals surface area contributed by atoms with E-state index in [1.54, 1.807) is 13.1 Å². The van der Waals surface area contributed by atoms with Crippen LogP contribution < -0.4 is 5.32 Å². The second-order valence-corrected chi connectivity index (χ2v) is 2.98. The Morgan fingerprint density at radius 3 is 2.55 bits per heavy atom. The zero-order valence-corrected chi connectivity index (χ0v) is 7.02. The van der Waals surface area contributed by atoms with Crippen LogP contribution in [0.15, 0.2) is 11.6 Å². The molecule has 0 heterocycles. The lowest BCUT2D eigenvalue weighted by molar-refractivity contribution is -0.116. The molecule has 0 atom stereocenters. The Morgan fingerprint density at radius 1 is 1.36 bits per heavy atom. The van der Waals surface area contributed by atoms with E-state index in [1.165, 1.54) is 24.8 Å². The van der Waals surface area contributed by atoms with Gasteiger partial charge in [-0.1, -0.05) is 12.0 Å². The van der Waals surface area contributed by atoms with Gasteiger partial charge in [0.05, 0.1) is 0 Å². The van der Waals surface area contributed by atoms with Crippen molar-refractivity contribution in [2.45, 2.75) is 32.1 Å². The third-order valence-electron chi connectivity index (χ3n) is 2.08. The molecule has 1 amide bonds. The molecule has 1 aliphatic carbocycles. The first kappa shape index (κ1) is 8.31. The SMILES string of the molecule is CNC(=O)C=C1CCCCC1. The van der Waals surface area contributed by atoms with Crippen molar-refractivity contribution < 1.29 is 4.79 Å². The van der Waals surface area contributed by atoms with Crippen molar-refractivity contribution in [1.29, 1.82) is 0 Å². The minimum absolute atomic E-state index is 0.0434. The van der Waals surface area contributed by atoms with Gasteiger partial charge in [-0.05, 0) is 25.7 Å². The fourth-order valence-electron chi connectivity index (χ4n) is 1.41. The zero-order chi connectivity index (χ0) is 8.10. The van der Waals surface area contributed by atoms with Gasteiger partial charge in [0.15, 0.2) is 0 Å². The van der Waals surface area contributed by atoms with Crippen LogP contribution in [0.3, 0.4) is 0 Å². The minimum Gasteiger partial charge on any atom is -0.356 e. The highest BCUT2D eigenvalue weighted by Crippen LogP contribution is 2.22. The van der Waals surface area contributed by atoms with E-state index in [9.17, 15) is 4.79 Å². The number of hydrogen-bond acceptors (Lipinski definition) is 1. The maximum Gasteiger partial charge on any atom is 0.243 e. The van der Waals surface area contributed by atoms with Crippen LogP contribution in [-0.2, 0) is 4.79 Å². The zero-order valence-electron chi connectivity index (χ0n) is 7.02. The van der Waals surface area contributed by atoms with Crippen LogP contribution in [-0.4, -0.2) is 13.0 Å². The molecule has 2 heteroatoms. The van der Waals surface area contributed by atoms with E-state index in [-0.39, 0.29) is 5.91 Å². The molecule has 0 saturated heterocycles. The average Bonchev–Trinajstić information content (AvgIpc) is 2.06. The minimum atomic E-state index is 0.0434. The molecule has 0 bridgehead atoms. The number of hydrogen-bond donors (Lipinski definition) is 1. The summed E-state index contributed by atoms with van der Waals surface area (Å²) in [5.74, 6) is 0.0434. The summed E-state index contributed by atoms with van der Waals surface area (Å²) in [5.41, 5.74) is 1.32. The van der Waals surface area contributed by atoms with Crippen LogP contribution in [0.25, 0.3) is 0 Å². The van der Waals surface area contributed by atoms with Crippen LogP contribution in [0.2, 0.25) is 0 Å². The Labute approximate surface area is 67.7 Å². The Balaban J connectivity index is 2.43. The van der Waals surface area contributed by atoms with E-state index in [0.717, 1.165) is 12.8 Å². The summed E-state index contributed by atoms with van der Waals surface area (Å²) in [7, 11) is 1.67. The number of nitrogens with one attached hydrogen (secondary N) is 1. The number of carbonyl (C=O) groups is 1. The summed E-state index contributed by atoms with van der Waals surface area (Å²) in [6, 6.07) is 0. The normalized spacial score (nSPS) is 17.7. The van der Waals surface area contributed by atoms with Crippen molar-refractivity contribution in [2.75, 3.05) is 7.05 Å². The van der Waals surface area contributed by atoms with E-state index in [1.807, 2.05) is 0 Å². The molecule has 11 heavy (non-hydrogen) atoms. The van der Waals surface area contributed by atoms with Crippen molar-refractivity contribution in [2.24, 2.45) is 0 Å². The molecule has 0 aromatic carbocycles. The molecular formula is C9H15NO.